The average molecular weight is 592 g/mol. The fourth-order valence-electron chi connectivity index (χ4n) is 5.13. The molecule has 1 saturated heterocycles. The van der Waals surface area contributed by atoms with Crippen molar-refractivity contribution in [2.45, 2.75) is 65.0 Å². The number of primary amides is 1. The number of likely N-dealkylation sites (tertiary alicyclic amines) is 1. The van der Waals surface area contributed by atoms with Crippen molar-refractivity contribution in [2.24, 2.45) is 5.73 Å². The van der Waals surface area contributed by atoms with Gasteiger partial charge in [0, 0.05) is 42.2 Å². The Balaban J connectivity index is 1.43. The van der Waals surface area contributed by atoms with E-state index in [1.165, 1.54) is 11.3 Å². The highest BCUT2D eigenvalue weighted by molar-refractivity contribution is 7.21. The second kappa shape index (κ2) is 11.6. The van der Waals surface area contributed by atoms with Crippen molar-refractivity contribution in [3.8, 4) is 16.9 Å². The highest BCUT2D eigenvalue weighted by atomic mass is 32.1. The zero-order valence-corrected chi connectivity index (χ0v) is 25.6. The third-order valence-corrected chi connectivity index (χ3v) is 8.21. The van der Waals surface area contributed by atoms with E-state index in [2.05, 4.69) is 24.1 Å². The van der Waals surface area contributed by atoms with E-state index in [1.807, 2.05) is 55.8 Å². The molecule has 12 heteroatoms. The van der Waals surface area contributed by atoms with Crippen LogP contribution in [-0.4, -0.2) is 62.4 Å². The molecular formula is C30H37N7O4S. The first kappa shape index (κ1) is 29.3. The molecule has 4 aromatic rings. The Kier molecular flexibility index (Phi) is 8.09. The molecular weight excluding hydrogens is 554 g/mol. The van der Waals surface area contributed by atoms with E-state index >= 15 is 0 Å². The van der Waals surface area contributed by atoms with Gasteiger partial charge in [-0.05, 0) is 53.5 Å². The number of methoxy groups -OCH3 is 1. The maximum absolute atomic E-state index is 12.5. The van der Waals surface area contributed by atoms with Crippen LogP contribution in [0.25, 0.3) is 21.3 Å². The monoisotopic (exact) mass is 591 g/mol. The summed E-state index contributed by atoms with van der Waals surface area (Å²) in [5, 5.41) is 8.28. The molecule has 0 aliphatic carbocycles. The van der Waals surface area contributed by atoms with Crippen LogP contribution in [0.3, 0.4) is 0 Å². The maximum atomic E-state index is 12.5. The summed E-state index contributed by atoms with van der Waals surface area (Å²) in [5.74, 6) is 1.43. The number of nitrogens with one attached hydrogen (secondary N) is 1. The number of piperidine rings is 1. The SMILES string of the molecule is COc1ccccc1-c1c(C(N)=O)sc2cnc(Nc3cc(C4CCN(C(=O)OC(C)(C)C)CC4)nn3C(C)C)nc12. The van der Waals surface area contributed by atoms with Crippen LogP contribution in [0, 0.1) is 0 Å². The molecule has 0 bridgehead atoms. The first-order valence-corrected chi connectivity index (χ1v) is 14.8. The van der Waals surface area contributed by atoms with Gasteiger partial charge in [0.1, 0.15) is 22.0 Å². The number of hydrogen-bond acceptors (Lipinski definition) is 9. The number of aromatic nitrogens is 4. The summed E-state index contributed by atoms with van der Waals surface area (Å²) >= 11 is 1.26. The van der Waals surface area contributed by atoms with Crippen molar-refractivity contribution in [2.75, 3.05) is 25.5 Å². The van der Waals surface area contributed by atoms with E-state index in [0.717, 1.165) is 34.6 Å². The average Bonchev–Trinajstić information content (AvgIpc) is 3.54. The Bertz CT molecular complexity index is 1610. The molecule has 11 nitrogen and oxygen atoms in total. The largest absolute Gasteiger partial charge is 0.496 e. The van der Waals surface area contributed by atoms with Gasteiger partial charge in [0.05, 0.1) is 29.2 Å². The highest BCUT2D eigenvalue weighted by Gasteiger charge is 2.29. The number of nitrogens with two attached hydrogens (primary N) is 1. The molecule has 1 aliphatic rings. The van der Waals surface area contributed by atoms with E-state index in [1.54, 1.807) is 18.2 Å². The Morgan fingerprint density at radius 2 is 1.88 bits per heavy atom. The minimum Gasteiger partial charge on any atom is -0.496 e. The lowest BCUT2D eigenvalue weighted by Crippen LogP contribution is -2.41. The number of para-hydroxylation sites is 1. The number of thiophene rings is 1. The van der Waals surface area contributed by atoms with Gasteiger partial charge in [-0.1, -0.05) is 18.2 Å². The molecule has 42 heavy (non-hydrogen) atoms. The normalized spacial score (nSPS) is 14.4. The van der Waals surface area contributed by atoms with E-state index in [4.69, 9.17) is 25.3 Å². The predicted octanol–water partition coefficient (Wildman–Crippen LogP) is 6.10. The number of anilines is 2. The van der Waals surface area contributed by atoms with Gasteiger partial charge in [0.2, 0.25) is 5.95 Å². The van der Waals surface area contributed by atoms with Crippen LogP contribution in [0.2, 0.25) is 0 Å². The van der Waals surface area contributed by atoms with Crippen LogP contribution in [0.15, 0.2) is 36.5 Å². The number of benzene rings is 1. The Hall–Kier alpha value is -4.19. The fraction of sp³-hybridized carbons (Fsp3) is 0.433. The molecule has 222 valence electrons. The highest BCUT2D eigenvalue weighted by Crippen LogP contribution is 2.42. The van der Waals surface area contributed by atoms with Crippen molar-refractivity contribution in [3.05, 3.63) is 47.1 Å². The van der Waals surface area contributed by atoms with Crippen LogP contribution < -0.4 is 15.8 Å². The summed E-state index contributed by atoms with van der Waals surface area (Å²) in [5.41, 5.74) is 8.18. The minimum absolute atomic E-state index is 0.0820. The first-order valence-electron chi connectivity index (χ1n) is 14.0. The zero-order chi connectivity index (χ0) is 30.2. The van der Waals surface area contributed by atoms with Crippen LogP contribution in [-0.2, 0) is 4.74 Å². The van der Waals surface area contributed by atoms with Gasteiger partial charge in [-0.15, -0.1) is 11.3 Å². The molecule has 3 N–H and O–H groups in total. The Morgan fingerprint density at radius 3 is 2.52 bits per heavy atom. The van der Waals surface area contributed by atoms with Crippen LogP contribution >= 0.6 is 11.3 Å². The fourth-order valence-corrected chi connectivity index (χ4v) is 6.11. The van der Waals surface area contributed by atoms with E-state index < -0.39 is 11.5 Å². The van der Waals surface area contributed by atoms with Gasteiger partial charge in [-0.2, -0.15) is 5.10 Å². The van der Waals surface area contributed by atoms with Gasteiger partial charge in [0.25, 0.3) is 5.91 Å². The minimum atomic E-state index is -0.534. The van der Waals surface area contributed by atoms with Crippen LogP contribution in [0.4, 0.5) is 16.6 Å². The Labute approximate surface area is 249 Å². The van der Waals surface area contributed by atoms with Crippen LogP contribution in [0.1, 0.15) is 74.8 Å². The zero-order valence-electron chi connectivity index (χ0n) is 24.8. The summed E-state index contributed by atoms with van der Waals surface area (Å²) in [6.07, 6.45) is 3.01. The molecule has 0 unspecified atom stereocenters. The molecule has 2 amide bonds. The summed E-state index contributed by atoms with van der Waals surface area (Å²) in [7, 11) is 1.59. The van der Waals surface area contributed by atoms with Crippen molar-refractivity contribution >= 4 is 45.3 Å². The number of hydrogen-bond donors (Lipinski definition) is 2. The third kappa shape index (κ3) is 6.03. The molecule has 0 spiro atoms. The molecule has 0 saturated carbocycles. The lowest BCUT2D eigenvalue weighted by atomic mass is 9.94. The first-order chi connectivity index (χ1) is 19.9. The van der Waals surface area contributed by atoms with Crippen molar-refractivity contribution in [1.29, 1.82) is 0 Å². The summed E-state index contributed by atoms with van der Waals surface area (Å²) < 4.78 is 13.8. The number of carbonyl (C=O) groups is 2. The molecule has 5 rings (SSSR count). The number of nitrogens with zero attached hydrogens (tertiary/aromatic N) is 5. The second-order valence-corrected chi connectivity index (χ2v) is 12.7. The molecule has 0 radical (unpaired) electrons. The van der Waals surface area contributed by atoms with Crippen molar-refractivity contribution in [3.63, 3.8) is 0 Å². The molecule has 3 aromatic heterocycles. The van der Waals surface area contributed by atoms with Crippen LogP contribution in [0.5, 0.6) is 5.75 Å². The second-order valence-electron chi connectivity index (χ2n) is 11.6. The number of fused-ring (bicyclic) bond motifs is 1. The summed E-state index contributed by atoms with van der Waals surface area (Å²) in [6.45, 7) is 11.0. The standard InChI is InChI=1S/C30H37N7O4S/c1-17(2)37-23(15-20(35-37)18-11-13-36(14-12-18)29(39)41-30(3,4)5)33-28-32-16-22-25(34-28)24(26(42-22)27(31)38)19-9-7-8-10-21(19)40-6/h7-10,15-18H,11-14H2,1-6H3,(H2,31,38)(H,32,33,34). The quantitative estimate of drug-likeness (QED) is 0.263. The molecule has 1 aliphatic heterocycles. The third-order valence-electron chi connectivity index (χ3n) is 7.08. The predicted molar refractivity (Wildman–Crippen MR) is 164 cm³/mol. The van der Waals surface area contributed by atoms with Crippen molar-refractivity contribution < 1.29 is 19.1 Å². The smallest absolute Gasteiger partial charge is 0.410 e. The summed E-state index contributed by atoms with van der Waals surface area (Å²) in [4.78, 5) is 36.5. The maximum Gasteiger partial charge on any atom is 0.410 e. The lowest BCUT2D eigenvalue weighted by Gasteiger charge is -2.32. The van der Waals surface area contributed by atoms with E-state index in [-0.39, 0.29) is 18.1 Å². The lowest BCUT2D eigenvalue weighted by molar-refractivity contribution is 0.0204. The number of carbonyl (C=O) groups excluding carboxylic acids is 2. The van der Waals surface area contributed by atoms with Crippen molar-refractivity contribution in [1.82, 2.24) is 24.6 Å². The number of ether oxygens (including phenoxy) is 2. The van der Waals surface area contributed by atoms with Gasteiger partial charge in [-0.3, -0.25) is 4.79 Å². The Morgan fingerprint density at radius 1 is 1.17 bits per heavy atom. The van der Waals surface area contributed by atoms with Gasteiger partial charge < -0.3 is 25.4 Å². The van der Waals surface area contributed by atoms with E-state index in [0.29, 0.717) is 40.7 Å². The summed E-state index contributed by atoms with van der Waals surface area (Å²) in [6, 6.07) is 9.59. The number of rotatable bonds is 7. The molecule has 0 atom stereocenters. The molecule has 4 heterocycles. The van der Waals surface area contributed by atoms with E-state index in [9.17, 15) is 9.59 Å². The topological polar surface area (TPSA) is 137 Å². The number of amides is 2. The van der Waals surface area contributed by atoms with Gasteiger partial charge in [-0.25, -0.2) is 19.4 Å². The molecule has 1 aromatic carbocycles. The van der Waals surface area contributed by atoms with Gasteiger partial charge in [0.15, 0.2) is 0 Å². The molecule has 1 fully saturated rings. The van der Waals surface area contributed by atoms with Gasteiger partial charge >= 0.3 is 6.09 Å².